The van der Waals surface area contributed by atoms with Crippen LogP contribution in [0.15, 0.2) is 18.2 Å². The first-order valence-corrected chi connectivity index (χ1v) is 6.32. The van der Waals surface area contributed by atoms with Crippen LogP contribution in [-0.2, 0) is 0 Å². The lowest BCUT2D eigenvalue weighted by Gasteiger charge is -2.27. The molecule has 4 nitrogen and oxygen atoms in total. The molecule has 0 amide bonds. The zero-order valence-electron chi connectivity index (χ0n) is 10.9. The number of benzene rings is 1. The number of aliphatic hydroxyl groups excluding tert-OH is 1. The maximum atomic E-state index is 11.3. The Morgan fingerprint density at radius 3 is 2.83 bits per heavy atom. The largest absolute Gasteiger partial charge is 0.398 e. The van der Waals surface area contributed by atoms with Crippen LogP contribution in [0.25, 0.3) is 0 Å². The predicted octanol–water partition coefficient (Wildman–Crippen LogP) is 1.68. The van der Waals surface area contributed by atoms with Crippen molar-refractivity contribution >= 4 is 17.2 Å². The predicted molar refractivity (Wildman–Crippen MR) is 72.9 cm³/mol. The normalized spacial score (nSPS) is 23.4. The molecule has 98 valence electrons. The molecule has 2 unspecified atom stereocenters. The number of ketones is 1. The Hall–Kier alpha value is -1.55. The van der Waals surface area contributed by atoms with E-state index >= 15 is 0 Å². The topological polar surface area (TPSA) is 66.6 Å². The monoisotopic (exact) mass is 248 g/mol. The summed E-state index contributed by atoms with van der Waals surface area (Å²) in [7, 11) is 0. The molecule has 2 atom stereocenters. The molecule has 0 saturated carbocycles. The van der Waals surface area contributed by atoms with Crippen molar-refractivity contribution < 1.29 is 9.90 Å². The molecule has 0 aliphatic carbocycles. The van der Waals surface area contributed by atoms with Crippen molar-refractivity contribution in [3.63, 3.8) is 0 Å². The average Bonchev–Trinajstić information content (AvgIpc) is 2.69. The Morgan fingerprint density at radius 1 is 1.56 bits per heavy atom. The van der Waals surface area contributed by atoms with Gasteiger partial charge in [0.05, 0.1) is 12.6 Å². The van der Waals surface area contributed by atoms with E-state index in [1.54, 1.807) is 6.07 Å². The highest BCUT2D eigenvalue weighted by Crippen LogP contribution is 2.31. The van der Waals surface area contributed by atoms with Crippen LogP contribution in [0.3, 0.4) is 0 Å². The van der Waals surface area contributed by atoms with Crippen molar-refractivity contribution in [1.82, 2.24) is 0 Å². The van der Waals surface area contributed by atoms with Crippen molar-refractivity contribution in [2.75, 3.05) is 23.8 Å². The van der Waals surface area contributed by atoms with Gasteiger partial charge in [0.1, 0.15) is 0 Å². The second-order valence-electron chi connectivity index (χ2n) is 5.04. The average molecular weight is 248 g/mol. The fraction of sp³-hybridized carbons (Fsp3) is 0.500. The number of aliphatic hydroxyl groups is 1. The second-order valence-corrected chi connectivity index (χ2v) is 5.04. The van der Waals surface area contributed by atoms with Crippen LogP contribution in [0, 0.1) is 5.92 Å². The minimum atomic E-state index is -0.0208. The van der Waals surface area contributed by atoms with E-state index in [1.807, 2.05) is 12.1 Å². The number of rotatable bonds is 3. The molecule has 1 aromatic carbocycles. The van der Waals surface area contributed by atoms with Gasteiger partial charge in [-0.3, -0.25) is 4.79 Å². The molecule has 18 heavy (non-hydrogen) atoms. The Balaban J connectivity index is 2.29. The van der Waals surface area contributed by atoms with Crippen molar-refractivity contribution in [3.8, 4) is 0 Å². The first-order valence-electron chi connectivity index (χ1n) is 6.32. The summed E-state index contributed by atoms with van der Waals surface area (Å²) >= 11 is 0. The molecule has 3 N–H and O–H groups in total. The number of anilines is 2. The number of nitrogens with zero attached hydrogens (tertiary/aromatic N) is 1. The van der Waals surface area contributed by atoms with Crippen molar-refractivity contribution in [2.45, 2.75) is 26.3 Å². The van der Waals surface area contributed by atoms with Gasteiger partial charge in [-0.05, 0) is 37.5 Å². The lowest BCUT2D eigenvalue weighted by Crippen LogP contribution is -2.35. The summed E-state index contributed by atoms with van der Waals surface area (Å²) < 4.78 is 0. The van der Waals surface area contributed by atoms with Gasteiger partial charge >= 0.3 is 0 Å². The van der Waals surface area contributed by atoms with E-state index in [2.05, 4.69) is 11.8 Å². The minimum absolute atomic E-state index is 0.0208. The van der Waals surface area contributed by atoms with Gasteiger partial charge < -0.3 is 15.7 Å². The summed E-state index contributed by atoms with van der Waals surface area (Å²) in [6.45, 7) is 4.73. The molecule has 0 bridgehead atoms. The van der Waals surface area contributed by atoms with Crippen LogP contribution in [-0.4, -0.2) is 30.1 Å². The number of hydrogen-bond acceptors (Lipinski definition) is 4. The molecule has 0 radical (unpaired) electrons. The van der Waals surface area contributed by atoms with Crippen LogP contribution in [0.5, 0.6) is 0 Å². The fourth-order valence-corrected chi connectivity index (χ4v) is 2.66. The van der Waals surface area contributed by atoms with Crippen molar-refractivity contribution in [1.29, 1.82) is 0 Å². The van der Waals surface area contributed by atoms with Gasteiger partial charge in [0.15, 0.2) is 5.78 Å². The highest BCUT2D eigenvalue weighted by atomic mass is 16.3. The van der Waals surface area contributed by atoms with E-state index in [4.69, 9.17) is 5.73 Å². The van der Waals surface area contributed by atoms with E-state index in [0.717, 1.165) is 18.7 Å². The number of nitrogens with two attached hydrogens (primary N) is 1. The summed E-state index contributed by atoms with van der Waals surface area (Å²) in [5, 5.41) is 9.45. The van der Waals surface area contributed by atoms with Crippen LogP contribution >= 0.6 is 0 Å². The van der Waals surface area contributed by atoms with E-state index in [-0.39, 0.29) is 18.4 Å². The number of Topliss-reactive ketones (excluding diaryl/α,β-unsaturated/α-hetero) is 1. The van der Waals surface area contributed by atoms with Crippen molar-refractivity contribution in [3.05, 3.63) is 23.8 Å². The van der Waals surface area contributed by atoms with Crippen molar-refractivity contribution in [2.24, 2.45) is 5.92 Å². The third-order valence-corrected chi connectivity index (χ3v) is 3.82. The molecule has 2 rings (SSSR count). The first kappa shape index (κ1) is 12.9. The summed E-state index contributed by atoms with van der Waals surface area (Å²) in [5.74, 6) is 0.455. The quantitative estimate of drug-likeness (QED) is 0.631. The summed E-state index contributed by atoms with van der Waals surface area (Å²) in [5.41, 5.74) is 7.96. The highest BCUT2D eigenvalue weighted by molar-refractivity contribution is 5.99. The maximum Gasteiger partial charge on any atom is 0.161 e. The molecule has 1 aliphatic heterocycles. The van der Waals surface area contributed by atoms with Crippen LogP contribution in [0.2, 0.25) is 0 Å². The maximum absolute atomic E-state index is 11.3. The SMILES string of the molecule is CC(=O)c1ccc(N2CCC(C)C2CO)cc1N. The third kappa shape index (κ3) is 2.20. The Morgan fingerprint density at radius 2 is 2.28 bits per heavy atom. The molecule has 0 spiro atoms. The van der Waals surface area contributed by atoms with Gasteiger partial charge in [-0.15, -0.1) is 0 Å². The number of carbonyl (C=O) groups excluding carboxylic acids is 1. The van der Waals surface area contributed by atoms with Crippen LogP contribution < -0.4 is 10.6 Å². The minimum Gasteiger partial charge on any atom is -0.398 e. The summed E-state index contributed by atoms with van der Waals surface area (Å²) in [6.07, 6.45) is 1.07. The summed E-state index contributed by atoms with van der Waals surface area (Å²) in [6, 6.07) is 5.66. The van der Waals surface area contributed by atoms with Gasteiger partial charge in [-0.25, -0.2) is 0 Å². The molecule has 1 saturated heterocycles. The number of hydrogen-bond donors (Lipinski definition) is 2. The van der Waals surface area contributed by atoms with Gasteiger partial charge in [0, 0.05) is 23.5 Å². The van der Waals surface area contributed by atoms with Gasteiger partial charge in [0.25, 0.3) is 0 Å². The van der Waals surface area contributed by atoms with Gasteiger partial charge in [0.2, 0.25) is 0 Å². The highest BCUT2D eigenvalue weighted by Gasteiger charge is 2.30. The molecular weight excluding hydrogens is 228 g/mol. The second kappa shape index (κ2) is 4.98. The van der Waals surface area contributed by atoms with Gasteiger partial charge in [-0.2, -0.15) is 0 Å². The standard InChI is InChI=1S/C14H20N2O2/c1-9-5-6-16(14(9)8-17)11-3-4-12(10(2)18)13(15)7-11/h3-4,7,9,14,17H,5-6,8,15H2,1-2H3. The Bertz CT molecular complexity index is 459. The third-order valence-electron chi connectivity index (χ3n) is 3.82. The molecule has 1 aromatic rings. The zero-order valence-corrected chi connectivity index (χ0v) is 10.9. The molecule has 1 aliphatic rings. The molecule has 1 heterocycles. The Labute approximate surface area is 107 Å². The van der Waals surface area contributed by atoms with Crippen LogP contribution in [0.1, 0.15) is 30.6 Å². The fourth-order valence-electron chi connectivity index (χ4n) is 2.66. The van der Waals surface area contributed by atoms with E-state index in [1.165, 1.54) is 6.92 Å². The molecule has 1 fully saturated rings. The van der Waals surface area contributed by atoms with E-state index < -0.39 is 0 Å². The molecule has 4 heteroatoms. The van der Waals surface area contributed by atoms with E-state index in [0.29, 0.717) is 17.2 Å². The Kier molecular flexibility index (Phi) is 3.57. The zero-order chi connectivity index (χ0) is 13.3. The molecular formula is C14H20N2O2. The van der Waals surface area contributed by atoms with Gasteiger partial charge in [-0.1, -0.05) is 6.92 Å². The van der Waals surface area contributed by atoms with Crippen LogP contribution in [0.4, 0.5) is 11.4 Å². The lowest BCUT2D eigenvalue weighted by molar-refractivity contribution is 0.101. The molecule has 0 aromatic heterocycles. The lowest BCUT2D eigenvalue weighted by atomic mass is 10.0. The smallest absolute Gasteiger partial charge is 0.161 e. The van der Waals surface area contributed by atoms with E-state index in [9.17, 15) is 9.90 Å². The summed E-state index contributed by atoms with van der Waals surface area (Å²) in [4.78, 5) is 13.5. The first-order chi connectivity index (χ1) is 8.54. The number of nitrogen functional groups attached to an aromatic ring is 1. The number of carbonyl (C=O) groups is 1.